The highest BCUT2D eigenvalue weighted by Crippen LogP contribution is 2.31. The first-order chi connectivity index (χ1) is 10.2. The fourth-order valence-electron chi connectivity index (χ4n) is 3.09. The van der Waals surface area contributed by atoms with Crippen molar-refractivity contribution in [2.75, 3.05) is 6.54 Å². The van der Waals surface area contributed by atoms with Gasteiger partial charge in [-0.2, -0.15) is 5.10 Å². The zero-order valence-corrected chi connectivity index (χ0v) is 13.0. The van der Waals surface area contributed by atoms with Gasteiger partial charge in [0.05, 0.1) is 18.6 Å². The lowest BCUT2D eigenvalue weighted by Gasteiger charge is -2.31. The Kier molecular flexibility index (Phi) is 3.31. The fourth-order valence-corrected chi connectivity index (χ4v) is 3.50. The van der Waals surface area contributed by atoms with Gasteiger partial charge < -0.3 is 5.32 Å². The quantitative estimate of drug-likeness (QED) is 0.939. The van der Waals surface area contributed by atoms with Crippen molar-refractivity contribution in [1.29, 1.82) is 0 Å². The molecule has 2 aromatic rings. The highest BCUT2D eigenvalue weighted by Gasteiger charge is 2.30. The molecular weight excluding hydrogens is 307 g/mol. The number of amidine groups is 1. The van der Waals surface area contributed by atoms with E-state index in [4.69, 9.17) is 23.2 Å². The minimum absolute atomic E-state index is 0.509. The largest absolute Gasteiger partial charge is 0.367 e. The van der Waals surface area contributed by atoms with E-state index in [2.05, 4.69) is 15.4 Å². The summed E-state index contributed by atoms with van der Waals surface area (Å²) in [4.78, 5) is 4.62. The van der Waals surface area contributed by atoms with Gasteiger partial charge in [0.15, 0.2) is 5.15 Å². The molecule has 1 atom stereocenters. The molecule has 1 fully saturated rings. The van der Waals surface area contributed by atoms with Crippen molar-refractivity contribution in [2.24, 2.45) is 10.9 Å². The molecule has 1 aromatic carbocycles. The van der Waals surface area contributed by atoms with Crippen LogP contribution in [0, 0.1) is 5.92 Å². The molecule has 4 nitrogen and oxygen atoms in total. The maximum atomic E-state index is 6.19. The minimum Gasteiger partial charge on any atom is -0.367 e. The van der Waals surface area contributed by atoms with Gasteiger partial charge in [0.25, 0.3) is 0 Å². The van der Waals surface area contributed by atoms with E-state index in [9.17, 15) is 0 Å². The summed E-state index contributed by atoms with van der Waals surface area (Å²) in [5.41, 5.74) is 0.948. The molecule has 1 unspecified atom stereocenters. The molecule has 2 heterocycles. The third kappa shape index (κ3) is 2.40. The van der Waals surface area contributed by atoms with Gasteiger partial charge in [0.2, 0.25) is 0 Å². The molecule has 1 N–H and O–H groups in total. The van der Waals surface area contributed by atoms with Gasteiger partial charge in [0, 0.05) is 16.5 Å². The van der Waals surface area contributed by atoms with Crippen LogP contribution < -0.4 is 5.32 Å². The molecule has 6 heteroatoms. The highest BCUT2D eigenvalue weighted by atomic mass is 35.5. The molecule has 1 saturated carbocycles. The predicted molar refractivity (Wildman–Crippen MR) is 86.3 cm³/mol. The zero-order valence-electron chi connectivity index (χ0n) is 11.5. The van der Waals surface area contributed by atoms with Crippen molar-refractivity contribution in [3.8, 4) is 0 Å². The van der Waals surface area contributed by atoms with E-state index in [1.54, 1.807) is 0 Å². The molecule has 0 radical (unpaired) electrons. The molecule has 110 valence electrons. The normalized spacial score (nSPS) is 22.2. The Morgan fingerprint density at radius 3 is 2.90 bits per heavy atom. The van der Waals surface area contributed by atoms with Crippen LogP contribution in [0.4, 0.5) is 0 Å². The van der Waals surface area contributed by atoms with Crippen LogP contribution >= 0.6 is 23.2 Å². The predicted octanol–water partition coefficient (Wildman–Crippen LogP) is 3.51. The molecule has 0 amide bonds. The lowest BCUT2D eigenvalue weighted by Crippen LogP contribution is -2.40. The average Bonchev–Trinajstić information content (AvgIpc) is 2.94. The number of halogens is 2. The standard InChI is InChI=1S/C15H16Cl2N4/c16-10-4-5-11-13(6-10)21(20-15(11)17)8-14-18-7-12(19-14)9-2-1-3-9/h4-6,9,12H,1-3,7-8H2,(H,18,19). The number of fused-ring (bicyclic) bond motifs is 1. The Balaban J connectivity index is 1.56. The van der Waals surface area contributed by atoms with E-state index < -0.39 is 0 Å². The summed E-state index contributed by atoms with van der Waals surface area (Å²) in [5.74, 6) is 1.78. The molecule has 4 rings (SSSR count). The van der Waals surface area contributed by atoms with Gasteiger partial charge in [-0.15, -0.1) is 0 Å². The van der Waals surface area contributed by atoms with Crippen LogP contribution in [-0.4, -0.2) is 28.2 Å². The summed E-state index contributed by atoms with van der Waals surface area (Å²) >= 11 is 12.3. The number of aromatic nitrogens is 2. The third-order valence-electron chi connectivity index (χ3n) is 4.52. The molecule has 1 aliphatic carbocycles. The first kappa shape index (κ1) is 13.4. The second-order valence-corrected chi connectivity index (χ2v) is 6.63. The van der Waals surface area contributed by atoms with Crippen molar-refractivity contribution in [2.45, 2.75) is 31.8 Å². The number of hydrogen-bond acceptors (Lipinski definition) is 3. The van der Waals surface area contributed by atoms with E-state index in [0.29, 0.717) is 22.8 Å². The van der Waals surface area contributed by atoms with Gasteiger partial charge in [-0.05, 0) is 37.0 Å². The zero-order chi connectivity index (χ0) is 14.4. The summed E-state index contributed by atoms with van der Waals surface area (Å²) in [5, 5.41) is 10.1. The van der Waals surface area contributed by atoms with Crippen molar-refractivity contribution in [3.63, 3.8) is 0 Å². The van der Waals surface area contributed by atoms with Gasteiger partial charge >= 0.3 is 0 Å². The van der Waals surface area contributed by atoms with E-state index in [1.807, 2.05) is 22.9 Å². The fraction of sp³-hybridized carbons (Fsp3) is 0.467. The van der Waals surface area contributed by atoms with Crippen LogP contribution in [0.15, 0.2) is 23.2 Å². The summed E-state index contributed by atoms with van der Waals surface area (Å²) in [7, 11) is 0. The Bertz CT molecular complexity index is 718. The molecule has 21 heavy (non-hydrogen) atoms. The molecule has 1 aromatic heterocycles. The molecular formula is C15H16Cl2N4. The van der Waals surface area contributed by atoms with Crippen LogP contribution in [0.2, 0.25) is 10.2 Å². The van der Waals surface area contributed by atoms with Crippen LogP contribution in [0.3, 0.4) is 0 Å². The van der Waals surface area contributed by atoms with Gasteiger partial charge in [-0.25, -0.2) is 0 Å². The summed E-state index contributed by atoms with van der Waals surface area (Å²) in [6.07, 6.45) is 4.01. The SMILES string of the molecule is Clc1ccc2c(Cl)nn(CC3=NCC(C4CCC4)N3)c2c1. The van der Waals surface area contributed by atoms with Crippen molar-refractivity contribution in [3.05, 3.63) is 28.4 Å². The van der Waals surface area contributed by atoms with E-state index in [0.717, 1.165) is 29.2 Å². The topological polar surface area (TPSA) is 42.2 Å². The van der Waals surface area contributed by atoms with Gasteiger partial charge in [-0.1, -0.05) is 29.6 Å². The van der Waals surface area contributed by atoms with E-state index >= 15 is 0 Å². The van der Waals surface area contributed by atoms with Crippen LogP contribution in [0.5, 0.6) is 0 Å². The maximum Gasteiger partial charge on any atom is 0.158 e. The Morgan fingerprint density at radius 1 is 1.29 bits per heavy atom. The monoisotopic (exact) mass is 322 g/mol. The maximum absolute atomic E-state index is 6.19. The van der Waals surface area contributed by atoms with Crippen molar-refractivity contribution in [1.82, 2.24) is 15.1 Å². The second kappa shape index (κ2) is 5.18. The number of rotatable bonds is 3. The van der Waals surface area contributed by atoms with Crippen LogP contribution in [0.1, 0.15) is 19.3 Å². The third-order valence-corrected chi connectivity index (χ3v) is 5.03. The first-order valence-corrected chi connectivity index (χ1v) is 8.08. The Labute approximate surface area is 133 Å². The van der Waals surface area contributed by atoms with Crippen molar-refractivity contribution < 1.29 is 0 Å². The molecule has 0 saturated heterocycles. The number of aliphatic imine (C=N–C) groups is 1. The van der Waals surface area contributed by atoms with Gasteiger partial charge in [0.1, 0.15) is 5.84 Å². The van der Waals surface area contributed by atoms with Crippen LogP contribution in [-0.2, 0) is 6.54 Å². The van der Waals surface area contributed by atoms with Gasteiger partial charge in [-0.3, -0.25) is 9.67 Å². The summed E-state index contributed by atoms with van der Waals surface area (Å²) < 4.78 is 1.87. The highest BCUT2D eigenvalue weighted by molar-refractivity contribution is 6.35. The second-order valence-electron chi connectivity index (χ2n) is 5.84. The van der Waals surface area contributed by atoms with E-state index in [-0.39, 0.29) is 0 Å². The molecule has 0 spiro atoms. The molecule has 2 aliphatic rings. The first-order valence-electron chi connectivity index (χ1n) is 7.32. The lowest BCUT2D eigenvalue weighted by atomic mass is 9.80. The van der Waals surface area contributed by atoms with E-state index in [1.165, 1.54) is 19.3 Å². The smallest absolute Gasteiger partial charge is 0.158 e. The van der Waals surface area contributed by atoms with Crippen LogP contribution in [0.25, 0.3) is 10.9 Å². The number of nitrogens with zero attached hydrogens (tertiary/aromatic N) is 3. The summed E-state index contributed by atoms with van der Waals surface area (Å²) in [6.45, 7) is 1.50. The Morgan fingerprint density at radius 2 is 2.14 bits per heavy atom. The molecule has 0 bridgehead atoms. The number of hydrogen-bond donors (Lipinski definition) is 1. The minimum atomic E-state index is 0.509. The lowest BCUT2D eigenvalue weighted by molar-refractivity contribution is 0.257. The van der Waals surface area contributed by atoms with Crippen molar-refractivity contribution >= 4 is 39.9 Å². The number of nitrogens with one attached hydrogen (secondary N) is 1. The number of benzene rings is 1. The Hall–Kier alpha value is -1.26. The average molecular weight is 323 g/mol. The molecule has 1 aliphatic heterocycles. The summed E-state index contributed by atoms with van der Waals surface area (Å²) in [6, 6.07) is 6.15.